The van der Waals surface area contributed by atoms with Gasteiger partial charge in [0, 0.05) is 18.4 Å². The molecule has 2 rings (SSSR count). The van der Waals surface area contributed by atoms with Crippen molar-refractivity contribution in [3.63, 3.8) is 0 Å². The van der Waals surface area contributed by atoms with E-state index in [1.807, 2.05) is 6.07 Å². The molecular formula is C17H18N2O4S. The van der Waals surface area contributed by atoms with Crippen LogP contribution in [0, 0.1) is 6.92 Å². The standard InChI is InChI=1S/C17H18N2O4S/c1-10-15(17(22)23)24-16(19-10)11(2)18-14(21)9-8-13(20)12-6-4-3-5-7-12/h3-7,11H,8-9H2,1-2H3,(H,18,21)(H,22,23). The minimum atomic E-state index is -1.02. The van der Waals surface area contributed by atoms with Crippen LogP contribution in [0.5, 0.6) is 0 Å². The van der Waals surface area contributed by atoms with Gasteiger partial charge in [0.1, 0.15) is 9.88 Å². The average Bonchev–Trinajstić information content (AvgIpc) is 2.95. The van der Waals surface area contributed by atoms with Gasteiger partial charge in [0.15, 0.2) is 5.78 Å². The van der Waals surface area contributed by atoms with Gasteiger partial charge < -0.3 is 10.4 Å². The van der Waals surface area contributed by atoms with Gasteiger partial charge in [-0.3, -0.25) is 9.59 Å². The smallest absolute Gasteiger partial charge is 0.347 e. The number of aryl methyl sites for hydroxylation is 1. The molecule has 2 N–H and O–H groups in total. The Bertz CT molecular complexity index is 755. The van der Waals surface area contributed by atoms with Crippen LogP contribution < -0.4 is 5.32 Å². The Morgan fingerprint density at radius 3 is 2.46 bits per heavy atom. The van der Waals surface area contributed by atoms with E-state index in [0.29, 0.717) is 16.3 Å². The van der Waals surface area contributed by atoms with E-state index >= 15 is 0 Å². The minimum absolute atomic E-state index is 0.0776. The molecule has 1 atom stereocenters. The average molecular weight is 346 g/mol. The minimum Gasteiger partial charge on any atom is -0.477 e. The summed E-state index contributed by atoms with van der Waals surface area (Å²) in [4.78, 5) is 39.4. The van der Waals surface area contributed by atoms with Crippen LogP contribution in [0.1, 0.15) is 56.5 Å². The van der Waals surface area contributed by atoms with Crippen molar-refractivity contribution in [1.82, 2.24) is 10.3 Å². The number of rotatable bonds is 7. The van der Waals surface area contributed by atoms with E-state index in [9.17, 15) is 14.4 Å². The molecule has 1 amide bonds. The molecule has 7 heteroatoms. The lowest BCUT2D eigenvalue weighted by Gasteiger charge is -2.11. The van der Waals surface area contributed by atoms with Gasteiger partial charge in [0.25, 0.3) is 0 Å². The number of hydrogen-bond acceptors (Lipinski definition) is 5. The number of aromatic nitrogens is 1. The second kappa shape index (κ2) is 7.83. The van der Waals surface area contributed by atoms with Gasteiger partial charge in [0.05, 0.1) is 11.7 Å². The Hall–Kier alpha value is -2.54. The summed E-state index contributed by atoms with van der Waals surface area (Å²) in [7, 11) is 0. The van der Waals surface area contributed by atoms with Crippen molar-refractivity contribution in [3.8, 4) is 0 Å². The second-order valence-electron chi connectivity index (χ2n) is 5.35. The fourth-order valence-corrected chi connectivity index (χ4v) is 3.08. The Kier molecular flexibility index (Phi) is 5.81. The lowest BCUT2D eigenvalue weighted by molar-refractivity contribution is -0.121. The molecule has 0 aliphatic carbocycles. The molecule has 24 heavy (non-hydrogen) atoms. The summed E-state index contributed by atoms with van der Waals surface area (Å²) in [6.45, 7) is 3.36. The predicted octanol–water partition coefficient (Wildman–Crippen LogP) is 2.99. The van der Waals surface area contributed by atoms with Gasteiger partial charge in [0.2, 0.25) is 5.91 Å². The lowest BCUT2D eigenvalue weighted by Crippen LogP contribution is -2.26. The number of Topliss-reactive ketones (excluding diaryl/α,β-unsaturated/α-hetero) is 1. The Labute approximate surface area is 143 Å². The first-order valence-electron chi connectivity index (χ1n) is 7.46. The van der Waals surface area contributed by atoms with Gasteiger partial charge in [-0.25, -0.2) is 9.78 Å². The molecule has 126 valence electrons. The largest absolute Gasteiger partial charge is 0.477 e. The van der Waals surface area contributed by atoms with Gasteiger partial charge >= 0.3 is 5.97 Å². The van der Waals surface area contributed by atoms with Crippen molar-refractivity contribution in [2.45, 2.75) is 32.7 Å². The van der Waals surface area contributed by atoms with E-state index in [4.69, 9.17) is 5.11 Å². The van der Waals surface area contributed by atoms with Crippen LogP contribution >= 0.6 is 11.3 Å². The highest BCUT2D eigenvalue weighted by Crippen LogP contribution is 2.23. The number of benzene rings is 1. The third kappa shape index (κ3) is 4.48. The van der Waals surface area contributed by atoms with Crippen LogP contribution in [0.3, 0.4) is 0 Å². The van der Waals surface area contributed by atoms with E-state index in [0.717, 1.165) is 11.3 Å². The van der Waals surface area contributed by atoms with Crippen LogP contribution in [0.25, 0.3) is 0 Å². The number of ketones is 1. The maximum Gasteiger partial charge on any atom is 0.347 e. The SMILES string of the molecule is Cc1nc(C(C)NC(=O)CCC(=O)c2ccccc2)sc1C(=O)O. The highest BCUT2D eigenvalue weighted by molar-refractivity contribution is 7.13. The first-order chi connectivity index (χ1) is 11.4. The summed E-state index contributed by atoms with van der Waals surface area (Å²) in [5.41, 5.74) is 1.02. The molecule has 1 aromatic heterocycles. The molecule has 0 aliphatic heterocycles. The summed E-state index contributed by atoms with van der Waals surface area (Å²) in [6.07, 6.45) is 0.202. The molecule has 0 spiro atoms. The quantitative estimate of drug-likeness (QED) is 0.751. The molecule has 0 fully saturated rings. The number of hydrogen-bond donors (Lipinski definition) is 2. The number of amides is 1. The van der Waals surface area contributed by atoms with Crippen molar-refractivity contribution in [3.05, 3.63) is 51.5 Å². The fourth-order valence-electron chi connectivity index (χ4n) is 2.17. The summed E-state index contributed by atoms with van der Waals surface area (Å²) in [5, 5.41) is 12.3. The highest BCUT2D eigenvalue weighted by Gasteiger charge is 2.19. The maximum atomic E-state index is 12.0. The van der Waals surface area contributed by atoms with Gasteiger partial charge in [-0.15, -0.1) is 11.3 Å². The van der Waals surface area contributed by atoms with Gasteiger partial charge in [-0.2, -0.15) is 0 Å². The monoisotopic (exact) mass is 346 g/mol. The molecule has 0 bridgehead atoms. The van der Waals surface area contributed by atoms with Gasteiger partial charge in [-0.05, 0) is 13.8 Å². The Morgan fingerprint density at radius 1 is 1.21 bits per heavy atom. The number of carboxylic acids is 1. The van der Waals surface area contributed by atoms with Gasteiger partial charge in [-0.1, -0.05) is 30.3 Å². The van der Waals surface area contributed by atoms with Crippen LogP contribution in [0.15, 0.2) is 30.3 Å². The first kappa shape index (κ1) is 17.8. The molecule has 1 aromatic carbocycles. The molecule has 0 saturated heterocycles. The number of carbonyl (C=O) groups is 3. The molecule has 0 saturated carbocycles. The number of aromatic carboxylic acids is 1. The summed E-state index contributed by atoms with van der Waals surface area (Å²) in [6, 6.07) is 8.41. The topological polar surface area (TPSA) is 96.4 Å². The normalized spacial score (nSPS) is 11.8. The van der Waals surface area contributed by atoms with E-state index < -0.39 is 12.0 Å². The summed E-state index contributed by atoms with van der Waals surface area (Å²) >= 11 is 1.05. The maximum absolute atomic E-state index is 12.0. The Balaban J connectivity index is 1.89. The van der Waals surface area contributed by atoms with Crippen LogP contribution in [-0.2, 0) is 4.79 Å². The van der Waals surface area contributed by atoms with Crippen LogP contribution in [-0.4, -0.2) is 27.8 Å². The summed E-state index contributed by atoms with van der Waals surface area (Å²) < 4.78 is 0. The number of thiazole rings is 1. The zero-order valence-electron chi connectivity index (χ0n) is 13.4. The van der Waals surface area contributed by atoms with Crippen molar-refractivity contribution >= 4 is 29.0 Å². The number of carbonyl (C=O) groups excluding carboxylic acids is 2. The molecule has 2 aromatic rings. The molecule has 0 radical (unpaired) electrons. The Morgan fingerprint density at radius 2 is 1.88 bits per heavy atom. The third-order valence-corrected chi connectivity index (χ3v) is 4.76. The number of nitrogens with zero attached hydrogens (tertiary/aromatic N) is 1. The molecular weight excluding hydrogens is 328 g/mol. The van der Waals surface area contributed by atoms with Crippen molar-refractivity contribution in [2.75, 3.05) is 0 Å². The van der Waals surface area contributed by atoms with E-state index in [1.54, 1.807) is 38.1 Å². The third-order valence-electron chi connectivity index (χ3n) is 3.43. The first-order valence-corrected chi connectivity index (χ1v) is 8.28. The number of nitrogens with one attached hydrogen (secondary N) is 1. The molecule has 0 aliphatic rings. The van der Waals surface area contributed by atoms with E-state index in [2.05, 4.69) is 10.3 Å². The van der Waals surface area contributed by atoms with Crippen molar-refractivity contribution in [1.29, 1.82) is 0 Å². The van der Waals surface area contributed by atoms with E-state index in [-0.39, 0.29) is 29.4 Å². The zero-order chi connectivity index (χ0) is 17.7. The second-order valence-corrected chi connectivity index (χ2v) is 6.38. The predicted molar refractivity (Wildman–Crippen MR) is 90.4 cm³/mol. The van der Waals surface area contributed by atoms with Crippen molar-refractivity contribution < 1.29 is 19.5 Å². The fraction of sp³-hybridized carbons (Fsp3) is 0.294. The van der Waals surface area contributed by atoms with Crippen LogP contribution in [0.4, 0.5) is 0 Å². The van der Waals surface area contributed by atoms with E-state index in [1.165, 1.54) is 0 Å². The molecule has 6 nitrogen and oxygen atoms in total. The molecule has 1 unspecified atom stereocenters. The summed E-state index contributed by atoms with van der Waals surface area (Å²) in [5.74, 6) is -1.38. The van der Waals surface area contributed by atoms with Crippen molar-refractivity contribution in [2.24, 2.45) is 0 Å². The van der Waals surface area contributed by atoms with Crippen LogP contribution in [0.2, 0.25) is 0 Å². The zero-order valence-corrected chi connectivity index (χ0v) is 14.2. The lowest BCUT2D eigenvalue weighted by atomic mass is 10.1. The molecule has 1 heterocycles. The number of carboxylic acid groups (broad SMARTS) is 1. The highest BCUT2D eigenvalue weighted by atomic mass is 32.1.